The molecule has 0 saturated carbocycles. The summed E-state index contributed by atoms with van der Waals surface area (Å²) in [5.41, 5.74) is 1.63. The zero-order valence-corrected chi connectivity index (χ0v) is 8.70. The molecule has 0 fully saturated rings. The van der Waals surface area contributed by atoms with Gasteiger partial charge in [-0.15, -0.1) is 0 Å². The van der Waals surface area contributed by atoms with Gasteiger partial charge in [-0.3, -0.25) is 4.57 Å². The molecule has 3 heteroatoms. The van der Waals surface area contributed by atoms with Crippen molar-refractivity contribution in [2.45, 2.75) is 0 Å². The van der Waals surface area contributed by atoms with Gasteiger partial charge in [-0.05, 0) is 18.2 Å². The quantitative estimate of drug-likeness (QED) is 0.580. The van der Waals surface area contributed by atoms with Gasteiger partial charge < -0.3 is 4.42 Å². The van der Waals surface area contributed by atoms with E-state index in [-0.39, 0.29) is 8.46 Å². The van der Waals surface area contributed by atoms with Gasteiger partial charge >= 0.3 is 0 Å². The van der Waals surface area contributed by atoms with Gasteiger partial charge in [-0.2, -0.15) is 0 Å². The van der Waals surface area contributed by atoms with Crippen molar-refractivity contribution in [3.63, 3.8) is 0 Å². The van der Waals surface area contributed by atoms with E-state index in [0.29, 0.717) is 0 Å². The Bertz CT molecular complexity index is 655. The van der Waals surface area contributed by atoms with Gasteiger partial charge in [-0.1, -0.05) is 24.3 Å². The van der Waals surface area contributed by atoms with Crippen LogP contribution in [0.3, 0.4) is 0 Å². The Labute approximate surface area is 87.7 Å². The average molecular weight is 214 g/mol. The summed E-state index contributed by atoms with van der Waals surface area (Å²) in [6.07, 6.45) is 0. The van der Waals surface area contributed by atoms with Crippen LogP contribution in [0.1, 0.15) is 0 Å². The van der Waals surface area contributed by atoms with Crippen LogP contribution in [0, 0.1) is 0 Å². The van der Waals surface area contributed by atoms with Gasteiger partial charge in [0.25, 0.3) is 0 Å². The van der Waals surface area contributed by atoms with E-state index in [1.54, 1.807) is 0 Å². The fraction of sp³-hybridized carbons (Fsp3) is 0. The highest BCUT2D eigenvalue weighted by atomic mass is 31.1. The molecule has 72 valence electrons. The minimum absolute atomic E-state index is 0.0309. The Hall–Kier alpha value is -1.66. The SMILES string of the molecule is O=Pc1cccc2oc3ccccc3c12. The van der Waals surface area contributed by atoms with E-state index in [1.807, 2.05) is 42.5 Å². The average Bonchev–Trinajstić information content (AvgIpc) is 2.67. The molecule has 0 radical (unpaired) electrons. The Morgan fingerprint density at radius 3 is 2.60 bits per heavy atom. The van der Waals surface area contributed by atoms with Crippen LogP contribution in [-0.2, 0) is 4.57 Å². The molecule has 0 unspecified atom stereocenters. The van der Waals surface area contributed by atoms with Crippen molar-refractivity contribution in [2.24, 2.45) is 0 Å². The zero-order chi connectivity index (χ0) is 10.3. The third kappa shape index (κ3) is 1.19. The molecule has 0 aliphatic heterocycles. The zero-order valence-electron chi connectivity index (χ0n) is 7.81. The predicted octanol–water partition coefficient (Wildman–Crippen LogP) is 3.50. The lowest BCUT2D eigenvalue weighted by Crippen LogP contribution is -1.90. The van der Waals surface area contributed by atoms with Crippen molar-refractivity contribution in [2.75, 3.05) is 0 Å². The maximum Gasteiger partial charge on any atom is 0.193 e. The smallest absolute Gasteiger partial charge is 0.193 e. The second-order valence-electron chi connectivity index (χ2n) is 3.34. The second-order valence-corrected chi connectivity index (χ2v) is 4.00. The molecule has 0 atom stereocenters. The molecule has 1 aromatic heterocycles. The number of rotatable bonds is 1. The molecule has 0 N–H and O–H groups in total. The van der Waals surface area contributed by atoms with E-state index >= 15 is 0 Å². The summed E-state index contributed by atoms with van der Waals surface area (Å²) in [5, 5.41) is 2.74. The highest BCUT2D eigenvalue weighted by molar-refractivity contribution is 7.35. The maximum atomic E-state index is 11.0. The van der Waals surface area contributed by atoms with Crippen molar-refractivity contribution in [3.8, 4) is 0 Å². The first-order valence-electron chi connectivity index (χ1n) is 4.64. The number of benzene rings is 2. The molecule has 1 heterocycles. The Kier molecular flexibility index (Phi) is 1.83. The molecule has 0 bridgehead atoms. The fourth-order valence-electron chi connectivity index (χ4n) is 1.83. The van der Waals surface area contributed by atoms with Crippen molar-refractivity contribution in [1.29, 1.82) is 0 Å². The van der Waals surface area contributed by atoms with E-state index in [1.165, 1.54) is 0 Å². The normalized spacial score (nSPS) is 11.5. The summed E-state index contributed by atoms with van der Waals surface area (Å²) in [7, 11) is 0.0309. The van der Waals surface area contributed by atoms with Crippen molar-refractivity contribution >= 4 is 35.7 Å². The number of fused-ring (bicyclic) bond motifs is 3. The lowest BCUT2D eigenvalue weighted by Gasteiger charge is -1.91. The van der Waals surface area contributed by atoms with Crippen molar-refractivity contribution in [3.05, 3.63) is 42.5 Å². The van der Waals surface area contributed by atoms with E-state index in [9.17, 15) is 4.57 Å². The number of hydrogen-bond acceptors (Lipinski definition) is 2. The van der Waals surface area contributed by atoms with Gasteiger partial charge in [0.2, 0.25) is 0 Å². The first-order valence-corrected chi connectivity index (χ1v) is 5.45. The van der Waals surface area contributed by atoms with Crippen LogP contribution >= 0.6 is 8.46 Å². The number of hydrogen-bond donors (Lipinski definition) is 0. The van der Waals surface area contributed by atoms with Crippen LogP contribution in [-0.4, -0.2) is 0 Å². The van der Waals surface area contributed by atoms with Crippen molar-refractivity contribution < 1.29 is 8.98 Å². The summed E-state index contributed by atoms with van der Waals surface area (Å²) in [4.78, 5) is 0. The molecule has 0 amide bonds. The fourth-order valence-corrected chi connectivity index (χ4v) is 2.30. The van der Waals surface area contributed by atoms with Crippen LogP contribution < -0.4 is 5.30 Å². The van der Waals surface area contributed by atoms with Crippen molar-refractivity contribution in [1.82, 2.24) is 0 Å². The van der Waals surface area contributed by atoms with Crippen LogP contribution in [0.2, 0.25) is 0 Å². The molecule has 0 aliphatic rings. The standard InChI is InChI=1S/C12H7O2P/c13-15-11-7-3-6-10-12(11)8-4-1-2-5-9(8)14-10/h1-7H. The Balaban J connectivity index is 2.62. The Morgan fingerprint density at radius 2 is 1.73 bits per heavy atom. The highest BCUT2D eigenvalue weighted by Crippen LogP contribution is 2.28. The van der Waals surface area contributed by atoms with E-state index < -0.39 is 0 Å². The highest BCUT2D eigenvalue weighted by Gasteiger charge is 2.09. The predicted molar refractivity (Wildman–Crippen MR) is 61.0 cm³/mol. The first kappa shape index (κ1) is 8.63. The van der Waals surface area contributed by atoms with Crippen LogP contribution in [0.15, 0.2) is 46.9 Å². The lowest BCUT2D eigenvalue weighted by atomic mass is 10.1. The first-order chi connectivity index (χ1) is 7.40. The van der Waals surface area contributed by atoms with Gasteiger partial charge in [-0.25, -0.2) is 0 Å². The van der Waals surface area contributed by atoms with Crippen LogP contribution in [0.5, 0.6) is 0 Å². The molecule has 3 aromatic rings. The third-order valence-electron chi connectivity index (χ3n) is 2.48. The number of para-hydroxylation sites is 1. The molecule has 15 heavy (non-hydrogen) atoms. The molecule has 0 aliphatic carbocycles. The third-order valence-corrected chi connectivity index (χ3v) is 3.05. The summed E-state index contributed by atoms with van der Waals surface area (Å²) >= 11 is 0. The lowest BCUT2D eigenvalue weighted by molar-refractivity contribution is 0.603. The minimum atomic E-state index is 0.0309. The maximum absolute atomic E-state index is 11.0. The van der Waals surface area contributed by atoms with Gasteiger partial charge in [0.05, 0.1) is 5.30 Å². The number of furan rings is 1. The second kappa shape index (κ2) is 3.18. The molecular weight excluding hydrogens is 207 g/mol. The van der Waals surface area contributed by atoms with E-state index in [2.05, 4.69) is 0 Å². The molecule has 0 spiro atoms. The molecule has 2 aromatic carbocycles. The largest absolute Gasteiger partial charge is 0.456 e. The van der Waals surface area contributed by atoms with Gasteiger partial charge in [0.1, 0.15) is 11.2 Å². The van der Waals surface area contributed by atoms with E-state index in [0.717, 1.165) is 27.2 Å². The van der Waals surface area contributed by atoms with Gasteiger partial charge in [0.15, 0.2) is 8.46 Å². The summed E-state index contributed by atoms with van der Waals surface area (Å²) in [6, 6.07) is 13.4. The summed E-state index contributed by atoms with van der Waals surface area (Å²) in [5.74, 6) is 0. The molecular formula is C12H7O2P. The van der Waals surface area contributed by atoms with Gasteiger partial charge in [0, 0.05) is 10.8 Å². The topological polar surface area (TPSA) is 30.2 Å². The molecule has 0 saturated heterocycles. The Morgan fingerprint density at radius 1 is 0.933 bits per heavy atom. The summed E-state index contributed by atoms with van der Waals surface area (Å²) in [6.45, 7) is 0. The van der Waals surface area contributed by atoms with E-state index in [4.69, 9.17) is 4.42 Å². The summed E-state index contributed by atoms with van der Waals surface area (Å²) < 4.78 is 16.7. The molecule has 3 rings (SSSR count). The van der Waals surface area contributed by atoms with Crippen LogP contribution in [0.4, 0.5) is 0 Å². The molecule has 2 nitrogen and oxygen atoms in total. The monoisotopic (exact) mass is 214 g/mol. The van der Waals surface area contributed by atoms with Crippen LogP contribution in [0.25, 0.3) is 21.9 Å². The minimum Gasteiger partial charge on any atom is -0.456 e.